The number of phosphoric acid groups is 1. The van der Waals surface area contributed by atoms with Crippen molar-refractivity contribution in [1.82, 2.24) is 39.1 Å². The Balaban J connectivity index is 1.17. The normalized spacial score (nSPS) is 35.7. The highest BCUT2D eigenvalue weighted by Crippen LogP contribution is 2.52. The first-order valence-corrected chi connectivity index (χ1v) is 14.6. The van der Waals surface area contributed by atoms with Crippen LogP contribution in [0.4, 0.5) is 11.9 Å². The third kappa shape index (κ3) is 4.45. The lowest BCUT2D eigenvalue weighted by Crippen LogP contribution is -2.35. The van der Waals surface area contributed by atoms with Gasteiger partial charge in [0.25, 0.3) is 5.56 Å². The number of aromatic nitrogens is 8. The minimum absolute atomic E-state index is 0.0394. The summed E-state index contributed by atoms with van der Waals surface area (Å²) >= 11 is 0. The smallest absolute Gasteiger partial charge is 0.390 e. The zero-order valence-electron chi connectivity index (χ0n) is 21.7. The molecule has 3 fully saturated rings. The fourth-order valence-electron chi connectivity index (χ4n) is 5.97. The standard InChI is InChI=1S/C22H27N10O9P/c23-21-29-18-12(19(35)30-21)27-7-31(18)20-16-14(34)10(40-20)3-1-2-8-11(5-38-42(36,37)41-16)39-15(13(8)33)9-4-28-32-17(9)25-6-26-22(32)24/h4,6-8,10-11,13-16,20,33-34H,1-3,5H2,(H,36,37)(H2,24,25,26)(H3,23,29,30,35)/t8-,10-,11-,13-,14-,15+,16-,20-/m1/s1. The minimum Gasteiger partial charge on any atom is -0.390 e. The van der Waals surface area contributed by atoms with Gasteiger partial charge in [0.15, 0.2) is 23.0 Å². The lowest BCUT2D eigenvalue weighted by atomic mass is 9.88. The van der Waals surface area contributed by atoms with E-state index in [1.54, 1.807) is 0 Å². The van der Waals surface area contributed by atoms with E-state index in [2.05, 4.69) is 30.0 Å². The maximum Gasteiger partial charge on any atom is 0.472 e. The Hall–Kier alpha value is -3.55. The Labute approximate surface area is 235 Å². The van der Waals surface area contributed by atoms with Crippen LogP contribution < -0.4 is 17.0 Å². The van der Waals surface area contributed by atoms with Crippen LogP contribution >= 0.6 is 7.82 Å². The second-order valence-corrected chi connectivity index (χ2v) is 11.8. The first kappa shape index (κ1) is 27.3. The third-order valence-corrected chi connectivity index (χ3v) is 8.92. The van der Waals surface area contributed by atoms with Crippen LogP contribution in [0.2, 0.25) is 0 Å². The summed E-state index contributed by atoms with van der Waals surface area (Å²) < 4.78 is 38.8. The van der Waals surface area contributed by atoms with E-state index >= 15 is 0 Å². The van der Waals surface area contributed by atoms with Gasteiger partial charge >= 0.3 is 7.82 Å². The van der Waals surface area contributed by atoms with Crippen molar-refractivity contribution in [3.63, 3.8) is 0 Å². The Bertz CT molecular complexity index is 1760. The van der Waals surface area contributed by atoms with Crippen molar-refractivity contribution in [2.75, 3.05) is 18.1 Å². The van der Waals surface area contributed by atoms with Crippen molar-refractivity contribution in [3.05, 3.63) is 34.8 Å². The number of rotatable bonds is 2. The molecule has 8 N–H and O–H groups in total. The lowest BCUT2D eigenvalue weighted by Gasteiger charge is -2.26. The van der Waals surface area contributed by atoms with Crippen molar-refractivity contribution in [2.45, 2.75) is 62.1 Å². The van der Waals surface area contributed by atoms with E-state index in [1.165, 1.54) is 27.9 Å². The summed E-state index contributed by atoms with van der Waals surface area (Å²) in [6.07, 6.45) is -2.32. The predicted octanol–water partition coefficient (Wildman–Crippen LogP) is -1.22. The molecular weight excluding hydrogens is 579 g/mol. The molecule has 0 saturated carbocycles. The van der Waals surface area contributed by atoms with Gasteiger partial charge in [-0.1, -0.05) is 6.42 Å². The second-order valence-electron chi connectivity index (χ2n) is 10.4. The maximum atomic E-state index is 13.1. The topological polar surface area (TPSA) is 273 Å². The molecule has 20 heteroatoms. The Morgan fingerprint density at radius 2 is 1.90 bits per heavy atom. The van der Waals surface area contributed by atoms with E-state index in [1.807, 2.05) is 0 Å². The molecule has 3 aliphatic heterocycles. The molecule has 0 spiro atoms. The van der Waals surface area contributed by atoms with Crippen LogP contribution in [-0.4, -0.2) is 91.3 Å². The summed E-state index contributed by atoms with van der Waals surface area (Å²) in [5.41, 5.74) is 11.8. The Morgan fingerprint density at radius 3 is 2.74 bits per heavy atom. The number of hydrogen-bond donors (Lipinski definition) is 6. The molecule has 9 atom stereocenters. The molecule has 224 valence electrons. The minimum atomic E-state index is -4.84. The largest absolute Gasteiger partial charge is 0.472 e. The lowest BCUT2D eigenvalue weighted by molar-refractivity contribution is -0.0426. The van der Waals surface area contributed by atoms with Gasteiger partial charge in [-0.2, -0.15) is 14.6 Å². The zero-order chi connectivity index (χ0) is 29.3. The molecule has 3 aliphatic rings. The van der Waals surface area contributed by atoms with E-state index < -0.39 is 68.8 Å². The predicted molar refractivity (Wildman–Crippen MR) is 139 cm³/mol. The number of nitrogens with one attached hydrogen (secondary N) is 1. The summed E-state index contributed by atoms with van der Waals surface area (Å²) in [7, 11) is -4.84. The molecule has 7 heterocycles. The number of aliphatic hydroxyl groups is 2. The van der Waals surface area contributed by atoms with Gasteiger partial charge in [-0.05, 0) is 12.8 Å². The third-order valence-electron chi connectivity index (χ3n) is 7.93. The summed E-state index contributed by atoms with van der Waals surface area (Å²) in [5, 5.41) is 26.6. The summed E-state index contributed by atoms with van der Waals surface area (Å²) in [5.74, 6) is -0.592. The molecule has 0 amide bonds. The molecule has 7 rings (SSSR count). The monoisotopic (exact) mass is 606 g/mol. The molecule has 19 nitrogen and oxygen atoms in total. The van der Waals surface area contributed by atoms with Crippen LogP contribution in [0.15, 0.2) is 23.6 Å². The number of imidazole rings is 1. The number of ether oxygens (including phenoxy) is 2. The first-order valence-electron chi connectivity index (χ1n) is 13.1. The quantitative estimate of drug-likeness (QED) is 0.146. The highest BCUT2D eigenvalue weighted by atomic mass is 31.2. The van der Waals surface area contributed by atoms with Gasteiger partial charge in [0.1, 0.15) is 24.6 Å². The van der Waals surface area contributed by atoms with Crippen LogP contribution in [0.5, 0.6) is 0 Å². The summed E-state index contributed by atoms with van der Waals surface area (Å²) in [6, 6.07) is 0. The fraction of sp³-hybridized carbons (Fsp3) is 0.545. The van der Waals surface area contributed by atoms with Crippen LogP contribution in [-0.2, 0) is 23.1 Å². The number of nitrogens with two attached hydrogens (primary N) is 2. The van der Waals surface area contributed by atoms with Crippen LogP contribution in [0.25, 0.3) is 16.8 Å². The molecule has 0 aliphatic carbocycles. The molecule has 3 saturated heterocycles. The Kier molecular flexibility index (Phi) is 6.51. The summed E-state index contributed by atoms with van der Waals surface area (Å²) in [4.78, 5) is 41.6. The zero-order valence-corrected chi connectivity index (χ0v) is 22.6. The number of phosphoric ester groups is 1. The van der Waals surface area contributed by atoms with E-state index in [9.17, 15) is 24.5 Å². The van der Waals surface area contributed by atoms with E-state index in [0.29, 0.717) is 30.5 Å². The average Bonchev–Trinajstić information content (AvgIpc) is 3.69. The van der Waals surface area contributed by atoms with Crippen LogP contribution in [0.3, 0.4) is 0 Å². The molecule has 0 aromatic carbocycles. The van der Waals surface area contributed by atoms with Gasteiger partial charge in [0.05, 0.1) is 37.4 Å². The first-order chi connectivity index (χ1) is 20.1. The second kappa shape index (κ2) is 10.0. The van der Waals surface area contributed by atoms with Gasteiger partial charge in [0, 0.05) is 11.5 Å². The number of hydrogen-bond acceptors (Lipinski definition) is 15. The van der Waals surface area contributed by atoms with Crippen molar-refractivity contribution in [1.29, 1.82) is 0 Å². The molecule has 0 radical (unpaired) electrons. The number of aliphatic hydroxyl groups excluding tert-OH is 2. The van der Waals surface area contributed by atoms with Crippen LogP contribution in [0.1, 0.15) is 37.2 Å². The maximum absolute atomic E-state index is 13.1. The molecule has 42 heavy (non-hydrogen) atoms. The number of H-pyrrole nitrogens is 1. The highest BCUT2D eigenvalue weighted by Gasteiger charge is 2.51. The number of nitrogen functional groups attached to an aromatic ring is 2. The van der Waals surface area contributed by atoms with Crippen molar-refractivity contribution in [2.24, 2.45) is 5.92 Å². The van der Waals surface area contributed by atoms with Crippen molar-refractivity contribution >= 4 is 36.5 Å². The summed E-state index contributed by atoms with van der Waals surface area (Å²) in [6.45, 7) is -0.401. The number of aromatic amines is 1. The number of anilines is 2. The highest BCUT2D eigenvalue weighted by molar-refractivity contribution is 7.47. The van der Waals surface area contributed by atoms with Gasteiger partial charge < -0.3 is 36.0 Å². The van der Waals surface area contributed by atoms with Gasteiger partial charge in [-0.3, -0.25) is 23.4 Å². The molecular formula is C22H27N10O9P. The van der Waals surface area contributed by atoms with Gasteiger partial charge in [-0.15, -0.1) is 0 Å². The molecule has 4 aromatic heterocycles. The average molecular weight is 606 g/mol. The Morgan fingerprint density at radius 1 is 1.07 bits per heavy atom. The van der Waals surface area contributed by atoms with Crippen molar-refractivity contribution in [3.8, 4) is 0 Å². The SMILES string of the molecule is Nc1nc2c(ncn2[C@@H]2O[C@@H]3CCC[C@H]4[C@@H](O)[C@H](c5cnn6c(N)ncnc56)O[C@@H]4COP(=O)(O)O[C@@H]2[C@@H]3O)c(=O)[nH]1. The van der Waals surface area contributed by atoms with Gasteiger partial charge in [-0.25, -0.2) is 19.5 Å². The molecule has 1 unspecified atom stereocenters. The number of fused-ring (bicyclic) bond motifs is 5. The van der Waals surface area contributed by atoms with E-state index in [-0.39, 0.29) is 23.1 Å². The van der Waals surface area contributed by atoms with Crippen molar-refractivity contribution < 1.29 is 38.2 Å². The fourth-order valence-corrected chi connectivity index (χ4v) is 6.90. The molecule has 2 bridgehead atoms. The van der Waals surface area contributed by atoms with Gasteiger partial charge in [0.2, 0.25) is 11.9 Å². The van der Waals surface area contributed by atoms with Crippen LogP contribution in [0, 0.1) is 5.92 Å². The molecule has 4 aromatic rings. The number of nitrogens with zero attached hydrogens (tertiary/aromatic N) is 7. The van der Waals surface area contributed by atoms with E-state index in [4.69, 9.17) is 30.0 Å². The van der Waals surface area contributed by atoms with E-state index in [0.717, 1.165) is 0 Å².